The van der Waals surface area contributed by atoms with Crippen molar-refractivity contribution in [3.63, 3.8) is 0 Å². The molecule has 4 heterocycles. The lowest BCUT2D eigenvalue weighted by Gasteiger charge is -2.17. The molecule has 1 saturated heterocycles. The molecule has 0 radical (unpaired) electrons. The van der Waals surface area contributed by atoms with Gasteiger partial charge in [0, 0.05) is 49.2 Å². The van der Waals surface area contributed by atoms with Gasteiger partial charge in [-0.15, -0.1) is 11.3 Å². The number of sulfone groups is 1. The molecule has 2 aliphatic heterocycles. The SMILES string of the molecule is Cc1ccsc1CN1C[C@@H]2[C@@H](C1)c1cc(-c3cnn(C)c3)ccc1S2(=O)=O. The van der Waals surface area contributed by atoms with Gasteiger partial charge in [0.05, 0.1) is 16.3 Å². The van der Waals surface area contributed by atoms with Gasteiger partial charge in [0.2, 0.25) is 0 Å². The zero-order valence-electron chi connectivity index (χ0n) is 15.3. The second-order valence-corrected chi connectivity index (χ2v) is 10.7. The van der Waals surface area contributed by atoms with Crippen LogP contribution < -0.4 is 0 Å². The second-order valence-electron chi connectivity index (χ2n) is 7.57. The molecule has 7 heteroatoms. The fraction of sp³-hybridized carbons (Fsp3) is 0.350. The molecular weight excluding hydrogens is 378 g/mol. The predicted molar refractivity (Wildman–Crippen MR) is 107 cm³/mol. The monoisotopic (exact) mass is 399 g/mol. The maximum Gasteiger partial charge on any atom is 0.183 e. The van der Waals surface area contributed by atoms with Gasteiger partial charge in [0.1, 0.15) is 0 Å². The molecule has 0 bridgehead atoms. The third kappa shape index (κ3) is 2.68. The molecule has 1 fully saturated rings. The van der Waals surface area contributed by atoms with Crippen LogP contribution in [0.3, 0.4) is 0 Å². The average Bonchev–Trinajstić information content (AvgIpc) is 3.38. The molecular formula is C20H21N3O2S2. The number of likely N-dealkylation sites (tertiary alicyclic amines) is 1. The van der Waals surface area contributed by atoms with Crippen molar-refractivity contribution in [3.8, 4) is 11.1 Å². The molecule has 27 heavy (non-hydrogen) atoms. The van der Waals surface area contributed by atoms with Gasteiger partial charge in [-0.1, -0.05) is 6.07 Å². The maximum atomic E-state index is 13.1. The van der Waals surface area contributed by atoms with Crippen molar-refractivity contribution in [1.82, 2.24) is 14.7 Å². The summed E-state index contributed by atoms with van der Waals surface area (Å²) in [6.07, 6.45) is 3.78. The van der Waals surface area contributed by atoms with E-state index in [1.54, 1.807) is 22.1 Å². The number of aryl methyl sites for hydroxylation is 2. The predicted octanol–water partition coefficient (Wildman–Crippen LogP) is 3.21. The minimum absolute atomic E-state index is 0.0573. The van der Waals surface area contributed by atoms with Gasteiger partial charge >= 0.3 is 0 Å². The molecule has 2 aliphatic rings. The smallest absolute Gasteiger partial charge is 0.183 e. The summed E-state index contributed by atoms with van der Waals surface area (Å²) in [4.78, 5) is 4.15. The third-order valence-corrected chi connectivity index (χ3v) is 9.10. The van der Waals surface area contributed by atoms with Gasteiger partial charge in [-0.05, 0) is 47.2 Å². The highest BCUT2D eigenvalue weighted by atomic mass is 32.2. The van der Waals surface area contributed by atoms with Crippen molar-refractivity contribution in [1.29, 1.82) is 0 Å². The normalized spacial score (nSPS) is 23.5. The van der Waals surface area contributed by atoms with Gasteiger partial charge in [0.15, 0.2) is 9.84 Å². The van der Waals surface area contributed by atoms with Gasteiger partial charge in [-0.3, -0.25) is 9.58 Å². The number of aromatic nitrogens is 2. The highest BCUT2D eigenvalue weighted by molar-refractivity contribution is 7.92. The molecule has 2 atom stereocenters. The van der Waals surface area contributed by atoms with Crippen LogP contribution in [0.1, 0.15) is 21.9 Å². The number of rotatable bonds is 3. The summed E-state index contributed by atoms with van der Waals surface area (Å²) >= 11 is 1.75. The Morgan fingerprint density at radius 3 is 2.78 bits per heavy atom. The number of nitrogens with zero attached hydrogens (tertiary/aromatic N) is 3. The van der Waals surface area contributed by atoms with Gasteiger partial charge in [-0.2, -0.15) is 5.10 Å². The number of hydrogen-bond acceptors (Lipinski definition) is 5. The van der Waals surface area contributed by atoms with Gasteiger partial charge < -0.3 is 0 Å². The van der Waals surface area contributed by atoms with E-state index in [1.165, 1.54) is 10.4 Å². The lowest BCUT2D eigenvalue weighted by molar-refractivity contribution is 0.328. The van der Waals surface area contributed by atoms with Crippen molar-refractivity contribution < 1.29 is 8.42 Å². The Morgan fingerprint density at radius 1 is 1.22 bits per heavy atom. The zero-order valence-corrected chi connectivity index (χ0v) is 16.9. The van der Waals surface area contributed by atoms with E-state index in [0.717, 1.165) is 29.8 Å². The molecule has 0 amide bonds. The Labute approximate surface area is 163 Å². The van der Waals surface area contributed by atoms with Crippen LogP contribution in [-0.2, 0) is 23.4 Å². The molecule has 0 unspecified atom stereocenters. The molecule has 0 N–H and O–H groups in total. The van der Waals surface area contributed by atoms with Crippen LogP contribution in [-0.4, -0.2) is 41.4 Å². The number of fused-ring (bicyclic) bond motifs is 3. The lowest BCUT2D eigenvalue weighted by Crippen LogP contribution is -2.25. The van der Waals surface area contributed by atoms with Crippen molar-refractivity contribution in [2.24, 2.45) is 7.05 Å². The molecule has 5 nitrogen and oxygen atoms in total. The Morgan fingerprint density at radius 2 is 2.07 bits per heavy atom. The van der Waals surface area contributed by atoms with Crippen LogP contribution >= 0.6 is 11.3 Å². The quantitative estimate of drug-likeness (QED) is 0.679. The Balaban J connectivity index is 1.49. The van der Waals surface area contributed by atoms with Crippen molar-refractivity contribution in [2.45, 2.75) is 29.5 Å². The summed E-state index contributed by atoms with van der Waals surface area (Å²) in [5.74, 6) is 0.0573. The molecule has 1 aromatic carbocycles. The molecule has 0 aliphatic carbocycles. The lowest BCUT2D eigenvalue weighted by atomic mass is 9.95. The molecule has 0 saturated carbocycles. The Kier molecular flexibility index (Phi) is 3.83. The minimum Gasteiger partial charge on any atom is -0.296 e. The van der Waals surface area contributed by atoms with Gasteiger partial charge in [0.25, 0.3) is 0 Å². The number of hydrogen-bond donors (Lipinski definition) is 0. The van der Waals surface area contributed by atoms with E-state index in [4.69, 9.17) is 0 Å². The van der Waals surface area contributed by atoms with Crippen LogP contribution in [0.25, 0.3) is 11.1 Å². The molecule has 5 rings (SSSR count). The van der Waals surface area contributed by atoms with E-state index >= 15 is 0 Å². The first-order chi connectivity index (χ1) is 12.9. The average molecular weight is 400 g/mol. The fourth-order valence-electron chi connectivity index (χ4n) is 4.37. The first-order valence-electron chi connectivity index (χ1n) is 9.05. The van der Waals surface area contributed by atoms with Crippen molar-refractivity contribution in [2.75, 3.05) is 13.1 Å². The van der Waals surface area contributed by atoms with Crippen LogP contribution in [0.4, 0.5) is 0 Å². The maximum absolute atomic E-state index is 13.1. The van der Waals surface area contributed by atoms with Crippen molar-refractivity contribution >= 4 is 21.2 Å². The molecule has 3 aromatic rings. The molecule has 0 spiro atoms. The first kappa shape index (κ1) is 17.2. The zero-order chi connectivity index (χ0) is 18.8. The number of benzene rings is 1. The highest BCUT2D eigenvalue weighted by Crippen LogP contribution is 2.46. The summed E-state index contributed by atoms with van der Waals surface area (Å²) in [7, 11) is -1.37. The molecule has 2 aromatic heterocycles. The van der Waals surface area contributed by atoms with Gasteiger partial charge in [-0.25, -0.2) is 8.42 Å². The summed E-state index contributed by atoms with van der Waals surface area (Å²) in [6, 6.07) is 7.89. The molecule has 140 valence electrons. The fourth-order valence-corrected chi connectivity index (χ4v) is 7.52. The minimum atomic E-state index is -3.26. The third-order valence-electron chi connectivity index (χ3n) is 5.83. The van der Waals surface area contributed by atoms with E-state index in [0.29, 0.717) is 11.4 Å². The highest BCUT2D eigenvalue weighted by Gasteiger charge is 2.50. The topological polar surface area (TPSA) is 55.2 Å². The van der Waals surface area contributed by atoms with E-state index in [2.05, 4.69) is 34.4 Å². The van der Waals surface area contributed by atoms with E-state index < -0.39 is 9.84 Å². The largest absolute Gasteiger partial charge is 0.296 e. The van der Waals surface area contributed by atoms with E-state index in [1.807, 2.05) is 25.5 Å². The standard InChI is InChI=1S/C20H21N3O2S2/c1-13-5-6-26-18(13)11-23-10-17-16-7-14(15-8-21-22(2)9-15)3-4-19(16)27(24,25)20(17)12-23/h3-9,17,20H,10-12H2,1-2H3/t17-,20+/m0/s1. The van der Waals surface area contributed by atoms with Crippen LogP contribution in [0.2, 0.25) is 0 Å². The van der Waals surface area contributed by atoms with Crippen molar-refractivity contribution in [3.05, 3.63) is 58.0 Å². The summed E-state index contributed by atoms with van der Waals surface area (Å²) < 4.78 is 28.0. The van der Waals surface area contributed by atoms with E-state index in [-0.39, 0.29) is 11.2 Å². The van der Waals surface area contributed by atoms with Crippen LogP contribution in [0.5, 0.6) is 0 Å². The Hall–Kier alpha value is -1.96. The van der Waals surface area contributed by atoms with Crippen LogP contribution in [0.15, 0.2) is 46.9 Å². The number of thiophene rings is 1. The summed E-state index contributed by atoms with van der Waals surface area (Å²) in [5, 5.41) is 6.02. The Bertz CT molecular complexity index is 1130. The first-order valence-corrected chi connectivity index (χ1v) is 11.5. The van der Waals surface area contributed by atoms with Crippen LogP contribution in [0, 0.1) is 6.92 Å². The summed E-state index contributed by atoms with van der Waals surface area (Å²) in [5.41, 5.74) is 4.32. The summed E-state index contributed by atoms with van der Waals surface area (Å²) in [6.45, 7) is 4.37. The van der Waals surface area contributed by atoms with E-state index in [9.17, 15) is 8.42 Å². The second kappa shape index (κ2) is 6.02.